The summed E-state index contributed by atoms with van der Waals surface area (Å²) in [6.45, 7) is 0.179. The topological polar surface area (TPSA) is 32.8 Å². The molecule has 2 aliphatic rings. The first-order valence-electron chi connectivity index (χ1n) is 8.30. The molecule has 0 aliphatic carbocycles. The third-order valence-corrected chi connectivity index (χ3v) is 5.72. The molecule has 1 aromatic carbocycles. The molecule has 1 aromatic rings. The molecule has 1 atom stereocenters. The first-order chi connectivity index (χ1) is 11.6. The molecule has 7 heteroatoms. The van der Waals surface area contributed by atoms with Crippen LogP contribution in [0.25, 0.3) is 0 Å². The number of hydrogen-bond acceptors (Lipinski definition) is 4. The molecule has 0 radical (unpaired) electrons. The summed E-state index contributed by atoms with van der Waals surface area (Å²) in [5.41, 5.74) is 0.211. The van der Waals surface area contributed by atoms with Gasteiger partial charge in [0.1, 0.15) is 5.75 Å². The van der Waals surface area contributed by atoms with E-state index in [4.69, 9.17) is 0 Å². The zero-order valence-corrected chi connectivity index (χ0v) is 14.3. The van der Waals surface area contributed by atoms with Gasteiger partial charge in [0.15, 0.2) is 0 Å². The molecule has 0 spiro atoms. The van der Waals surface area contributed by atoms with E-state index in [1.807, 2.05) is 11.8 Å². The number of para-hydroxylation sites is 1. The molecule has 4 nitrogen and oxygen atoms in total. The lowest BCUT2D eigenvalue weighted by Gasteiger charge is -2.27. The highest BCUT2D eigenvalue weighted by atomic mass is 32.2. The molecule has 0 N–H and O–H groups in total. The lowest BCUT2D eigenvalue weighted by molar-refractivity contribution is -0.0502. The molecule has 0 saturated carbocycles. The van der Waals surface area contributed by atoms with Gasteiger partial charge >= 0.3 is 6.61 Å². The number of hydrogen-bond donors (Lipinski definition) is 0. The van der Waals surface area contributed by atoms with Crippen molar-refractivity contribution in [1.82, 2.24) is 9.80 Å². The number of nitrogens with zero attached hydrogens (tertiary/aromatic N) is 2. The van der Waals surface area contributed by atoms with Crippen LogP contribution in [0.2, 0.25) is 0 Å². The lowest BCUT2D eigenvalue weighted by atomic mass is 10.1. The molecule has 0 aromatic heterocycles. The van der Waals surface area contributed by atoms with Gasteiger partial charge in [-0.25, -0.2) is 0 Å². The summed E-state index contributed by atoms with van der Waals surface area (Å²) in [5.74, 6) is 2.10. The average Bonchev–Trinajstić information content (AvgIpc) is 2.99. The number of halogens is 2. The predicted molar refractivity (Wildman–Crippen MR) is 90.9 cm³/mol. The van der Waals surface area contributed by atoms with Crippen LogP contribution in [0.5, 0.6) is 5.75 Å². The van der Waals surface area contributed by atoms with Gasteiger partial charge in [-0.3, -0.25) is 9.69 Å². The minimum absolute atomic E-state index is 0.0502. The fraction of sp³-hybridized carbons (Fsp3) is 0.588. The van der Waals surface area contributed by atoms with E-state index in [1.54, 1.807) is 23.1 Å². The maximum atomic E-state index is 12.8. The second-order valence-corrected chi connectivity index (χ2v) is 7.22. The van der Waals surface area contributed by atoms with E-state index in [2.05, 4.69) is 9.64 Å². The molecule has 2 fully saturated rings. The number of carbonyl (C=O) groups is 1. The summed E-state index contributed by atoms with van der Waals surface area (Å²) in [6.07, 6.45) is 2.12. The van der Waals surface area contributed by atoms with Crippen LogP contribution in [0, 0.1) is 0 Å². The van der Waals surface area contributed by atoms with Crippen molar-refractivity contribution in [1.29, 1.82) is 0 Å². The highest BCUT2D eigenvalue weighted by Crippen LogP contribution is 2.25. The molecule has 132 valence electrons. The van der Waals surface area contributed by atoms with E-state index in [-0.39, 0.29) is 17.2 Å². The van der Waals surface area contributed by atoms with Gasteiger partial charge in [-0.2, -0.15) is 20.5 Å². The number of ether oxygens (including phenoxy) is 1. The lowest BCUT2D eigenvalue weighted by Crippen LogP contribution is -2.39. The number of benzene rings is 1. The van der Waals surface area contributed by atoms with Crippen molar-refractivity contribution in [2.24, 2.45) is 0 Å². The normalized spacial score (nSPS) is 22.6. The standard InChI is InChI=1S/C17H22F2N2O2S/c18-17(19)23-15-5-2-1-4-14(15)16(22)21-8-3-7-20(9-10-21)13-6-11-24-12-13/h1-2,4-5,13,17H,3,6-12H2. The number of thioether (sulfide) groups is 1. The molecular weight excluding hydrogens is 334 g/mol. The van der Waals surface area contributed by atoms with Crippen molar-refractivity contribution in [3.63, 3.8) is 0 Å². The summed E-state index contributed by atoms with van der Waals surface area (Å²) >= 11 is 1.98. The van der Waals surface area contributed by atoms with Crippen LogP contribution in [0.3, 0.4) is 0 Å². The van der Waals surface area contributed by atoms with E-state index < -0.39 is 6.61 Å². The van der Waals surface area contributed by atoms with E-state index >= 15 is 0 Å². The summed E-state index contributed by atoms with van der Waals surface area (Å²) in [5, 5.41) is 0. The Kier molecular flexibility index (Phi) is 5.94. The Morgan fingerprint density at radius 1 is 1.21 bits per heavy atom. The number of amides is 1. The Labute approximate surface area is 145 Å². The van der Waals surface area contributed by atoms with Gasteiger partial charge in [-0.15, -0.1) is 0 Å². The van der Waals surface area contributed by atoms with Crippen molar-refractivity contribution in [2.45, 2.75) is 25.5 Å². The Balaban J connectivity index is 1.67. The Hall–Kier alpha value is -1.34. The van der Waals surface area contributed by atoms with E-state index in [0.717, 1.165) is 19.5 Å². The van der Waals surface area contributed by atoms with Crippen LogP contribution in [0.15, 0.2) is 24.3 Å². The molecular formula is C17H22F2N2O2S. The van der Waals surface area contributed by atoms with E-state index in [0.29, 0.717) is 19.1 Å². The SMILES string of the molecule is O=C(c1ccccc1OC(F)F)N1CCCN(C2CCSC2)CC1. The smallest absolute Gasteiger partial charge is 0.387 e. The third-order valence-electron chi connectivity index (χ3n) is 4.57. The number of rotatable bonds is 4. The molecule has 2 heterocycles. The first kappa shape index (κ1) is 17.5. The summed E-state index contributed by atoms with van der Waals surface area (Å²) in [7, 11) is 0. The molecule has 0 bridgehead atoms. The largest absolute Gasteiger partial charge is 0.434 e. The fourth-order valence-electron chi connectivity index (χ4n) is 3.33. The van der Waals surface area contributed by atoms with Crippen molar-refractivity contribution in [3.8, 4) is 5.75 Å². The van der Waals surface area contributed by atoms with Gasteiger partial charge in [0.05, 0.1) is 5.56 Å². The first-order valence-corrected chi connectivity index (χ1v) is 9.45. The minimum atomic E-state index is -2.93. The minimum Gasteiger partial charge on any atom is -0.434 e. The second-order valence-electron chi connectivity index (χ2n) is 6.07. The van der Waals surface area contributed by atoms with Crippen LogP contribution in [0.4, 0.5) is 8.78 Å². The molecule has 1 amide bonds. The third kappa shape index (κ3) is 4.19. The van der Waals surface area contributed by atoms with E-state index in [9.17, 15) is 13.6 Å². The van der Waals surface area contributed by atoms with Crippen molar-refractivity contribution in [2.75, 3.05) is 37.7 Å². The number of carbonyl (C=O) groups excluding carboxylic acids is 1. The van der Waals surface area contributed by atoms with Gasteiger partial charge in [-0.05, 0) is 30.7 Å². The van der Waals surface area contributed by atoms with Gasteiger partial charge in [0, 0.05) is 38.0 Å². The number of alkyl halides is 2. The summed E-state index contributed by atoms with van der Waals surface area (Å²) < 4.78 is 29.6. The van der Waals surface area contributed by atoms with Gasteiger partial charge in [0.2, 0.25) is 0 Å². The second kappa shape index (κ2) is 8.16. The van der Waals surface area contributed by atoms with Crippen LogP contribution < -0.4 is 4.74 Å². The highest BCUT2D eigenvalue weighted by molar-refractivity contribution is 7.99. The Morgan fingerprint density at radius 2 is 2.04 bits per heavy atom. The quantitative estimate of drug-likeness (QED) is 0.830. The van der Waals surface area contributed by atoms with Crippen molar-refractivity contribution < 1.29 is 18.3 Å². The van der Waals surface area contributed by atoms with Gasteiger partial charge < -0.3 is 9.64 Å². The zero-order valence-electron chi connectivity index (χ0n) is 13.5. The monoisotopic (exact) mass is 356 g/mol. The van der Waals surface area contributed by atoms with Crippen LogP contribution in [-0.2, 0) is 0 Å². The molecule has 2 aliphatic heterocycles. The van der Waals surface area contributed by atoms with E-state index in [1.165, 1.54) is 24.0 Å². The van der Waals surface area contributed by atoms with Crippen LogP contribution in [-0.4, -0.2) is 66.0 Å². The Bertz CT molecular complexity index is 567. The van der Waals surface area contributed by atoms with Crippen LogP contribution in [0.1, 0.15) is 23.2 Å². The van der Waals surface area contributed by atoms with Crippen molar-refractivity contribution in [3.05, 3.63) is 29.8 Å². The van der Waals surface area contributed by atoms with Gasteiger partial charge in [0.25, 0.3) is 5.91 Å². The highest BCUT2D eigenvalue weighted by Gasteiger charge is 2.28. The molecule has 1 unspecified atom stereocenters. The molecule has 2 saturated heterocycles. The fourth-order valence-corrected chi connectivity index (χ4v) is 4.58. The zero-order chi connectivity index (χ0) is 16.9. The predicted octanol–water partition coefficient (Wildman–Crippen LogP) is 2.94. The summed E-state index contributed by atoms with van der Waals surface area (Å²) in [6, 6.07) is 6.84. The average molecular weight is 356 g/mol. The Morgan fingerprint density at radius 3 is 2.79 bits per heavy atom. The van der Waals surface area contributed by atoms with Gasteiger partial charge in [-0.1, -0.05) is 12.1 Å². The maximum Gasteiger partial charge on any atom is 0.387 e. The summed E-state index contributed by atoms with van der Waals surface area (Å²) in [4.78, 5) is 17.0. The van der Waals surface area contributed by atoms with Crippen LogP contribution >= 0.6 is 11.8 Å². The molecule has 3 rings (SSSR count). The molecule has 24 heavy (non-hydrogen) atoms. The maximum absolute atomic E-state index is 12.8. The van der Waals surface area contributed by atoms with Crippen molar-refractivity contribution >= 4 is 17.7 Å².